The van der Waals surface area contributed by atoms with Gasteiger partial charge in [0.25, 0.3) is 5.91 Å². The Labute approximate surface area is 154 Å². The molecule has 4 rings (SSSR count). The highest BCUT2D eigenvalue weighted by Gasteiger charge is 2.29. The Balaban J connectivity index is 1.50. The highest BCUT2D eigenvalue weighted by atomic mass is 16.2. The van der Waals surface area contributed by atoms with Gasteiger partial charge in [-0.1, -0.05) is 30.3 Å². The second kappa shape index (κ2) is 7.16. The zero-order chi connectivity index (χ0) is 17.9. The van der Waals surface area contributed by atoms with E-state index in [1.165, 1.54) is 5.56 Å². The van der Waals surface area contributed by atoms with Gasteiger partial charge in [0.05, 0.1) is 5.69 Å². The van der Waals surface area contributed by atoms with Crippen LogP contribution in [0.5, 0.6) is 0 Å². The van der Waals surface area contributed by atoms with Crippen LogP contribution in [0.3, 0.4) is 0 Å². The number of rotatable bonds is 4. The minimum atomic E-state index is 0.132. The van der Waals surface area contributed by atoms with Crippen LogP contribution in [0.15, 0.2) is 66.9 Å². The van der Waals surface area contributed by atoms with Crippen LogP contribution in [0.4, 0.5) is 0 Å². The Bertz CT molecular complexity index is 883. The first-order chi connectivity index (χ1) is 12.7. The van der Waals surface area contributed by atoms with E-state index < -0.39 is 0 Å². The summed E-state index contributed by atoms with van der Waals surface area (Å²) in [5.74, 6) is 0.132. The lowest BCUT2D eigenvalue weighted by atomic mass is 10.0. The molecule has 1 fully saturated rings. The number of aryl methyl sites for hydroxylation is 1. The predicted octanol–water partition coefficient (Wildman–Crippen LogP) is 4.03. The molecule has 1 atom stereocenters. The summed E-state index contributed by atoms with van der Waals surface area (Å²) in [5, 5.41) is 4.32. The number of benzene rings is 2. The van der Waals surface area contributed by atoms with E-state index in [2.05, 4.69) is 29.4 Å². The average molecular weight is 345 g/mol. The highest BCUT2D eigenvalue weighted by Crippen LogP contribution is 2.24. The first-order valence-corrected chi connectivity index (χ1v) is 9.18. The Morgan fingerprint density at radius 1 is 1.08 bits per heavy atom. The second-order valence-corrected chi connectivity index (χ2v) is 6.92. The predicted molar refractivity (Wildman–Crippen MR) is 103 cm³/mol. The summed E-state index contributed by atoms with van der Waals surface area (Å²) in [7, 11) is 0. The van der Waals surface area contributed by atoms with Crippen molar-refractivity contribution in [2.45, 2.75) is 32.2 Å². The fraction of sp³-hybridized carbons (Fsp3) is 0.273. The van der Waals surface area contributed by atoms with E-state index in [4.69, 9.17) is 0 Å². The van der Waals surface area contributed by atoms with E-state index in [-0.39, 0.29) is 11.9 Å². The Hall–Kier alpha value is -2.88. The van der Waals surface area contributed by atoms with E-state index in [0.717, 1.165) is 42.8 Å². The van der Waals surface area contributed by atoms with Crippen molar-refractivity contribution < 1.29 is 4.79 Å². The van der Waals surface area contributed by atoms with Gasteiger partial charge in [0.2, 0.25) is 0 Å². The quantitative estimate of drug-likeness (QED) is 0.716. The van der Waals surface area contributed by atoms with E-state index in [9.17, 15) is 4.79 Å². The molecule has 2 heterocycles. The smallest absolute Gasteiger partial charge is 0.254 e. The van der Waals surface area contributed by atoms with Crippen molar-refractivity contribution >= 4 is 5.91 Å². The van der Waals surface area contributed by atoms with E-state index in [1.807, 2.05) is 52.9 Å². The number of amides is 1. The lowest BCUT2D eigenvalue weighted by molar-refractivity contribution is 0.0736. The maximum atomic E-state index is 13.0. The molecule has 26 heavy (non-hydrogen) atoms. The monoisotopic (exact) mass is 345 g/mol. The van der Waals surface area contributed by atoms with Crippen LogP contribution >= 0.6 is 0 Å². The number of carbonyl (C=O) groups excluding carboxylic acids is 1. The highest BCUT2D eigenvalue weighted by molar-refractivity contribution is 5.94. The zero-order valence-electron chi connectivity index (χ0n) is 15.0. The Kier molecular flexibility index (Phi) is 4.57. The summed E-state index contributed by atoms with van der Waals surface area (Å²) in [4.78, 5) is 15.1. The van der Waals surface area contributed by atoms with Crippen LogP contribution in [-0.2, 0) is 6.42 Å². The van der Waals surface area contributed by atoms with Crippen molar-refractivity contribution in [2.24, 2.45) is 0 Å². The van der Waals surface area contributed by atoms with Crippen molar-refractivity contribution in [3.63, 3.8) is 0 Å². The van der Waals surface area contributed by atoms with Gasteiger partial charge < -0.3 is 4.90 Å². The second-order valence-electron chi connectivity index (χ2n) is 6.92. The van der Waals surface area contributed by atoms with Crippen molar-refractivity contribution in [3.8, 4) is 5.69 Å². The van der Waals surface area contributed by atoms with E-state index in [0.29, 0.717) is 0 Å². The van der Waals surface area contributed by atoms with E-state index in [1.54, 1.807) is 6.20 Å². The summed E-state index contributed by atoms with van der Waals surface area (Å²) in [6, 6.07) is 20.5. The van der Waals surface area contributed by atoms with Crippen molar-refractivity contribution in [1.82, 2.24) is 14.7 Å². The molecule has 0 aliphatic carbocycles. The van der Waals surface area contributed by atoms with Crippen molar-refractivity contribution in [1.29, 1.82) is 0 Å². The topological polar surface area (TPSA) is 38.1 Å². The third-order valence-electron chi connectivity index (χ3n) is 5.14. The number of nitrogens with zero attached hydrogens (tertiary/aromatic N) is 3. The largest absolute Gasteiger partial charge is 0.335 e. The number of aromatic nitrogens is 2. The van der Waals surface area contributed by atoms with Gasteiger partial charge in [0, 0.05) is 30.0 Å². The lowest BCUT2D eigenvalue weighted by Gasteiger charge is -2.25. The van der Waals surface area contributed by atoms with E-state index >= 15 is 0 Å². The molecule has 4 nitrogen and oxygen atoms in total. The minimum Gasteiger partial charge on any atom is -0.335 e. The van der Waals surface area contributed by atoms with Gasteiger partial charge in [-0.2, -0.15) is 5.10 Å². The molecule has 1 aliphatic rings. The molecule has 1 unspecified atom stereocenters. The molecule has 1 aromatic heterocycles. The SMILES string of the molecule is Cc1ccnn1-c1ccc(C(=O)N2CCCC2Cc2ccccc2)cc1. The van der Waals surface area contributed by atoms with Crippen molar-refractivity contribution in [3.05, 3.63) is 83.7 Å². The summed E-state index contributed by atoms with van der Waals surface area (Å²) >= 11 is 0. The summed E-state index contributed by atoms with van der Waals surface area (Å²) < 4.78 is 1.88. The molecule has 3 aromatic rings. The van der Waals surface area contributed by atoms with Gasteiger partial charge in [0.15, 0.2) is 0 Å². The molecular formula is C22H23N3O. The van der Waals surface area contributed by atoms with Crippen LogP contribution in [0.1, 0.15) is 34.5 Å². The van der Waals surface area contributed by atoms with Gasteiger partial charge in [0.1, 0.15) is 0 Å². The molecule has 0 bridgehead atoms. The third-order valence-corrected chi connectivity index (χ3v) is 5.14. The molecule has 4 heteroatoms. The standard InChI is InChI=1S/C22H23N3O/c1-17-13-14-23-25(17)20-11-9-19(10-12-20)22(26)24-15-5-8-21(24)16-18-6-3-2-4-7-18/h2-4,6-7,9-14,21H,5,8,15-16H2,1H3. The summed E-state index contributed by atoms with van der Waals surface area (Å²) in [5.41, 5.74) is 4.10. The summed E-state index contributed by atoms with van der Waals surface area (Å²) in [6.07, 6.45) is 4.86. The van der Waals surface area contributed by atoms with Gasteiger partial charge in [-0.05, 0) is 62.1 Å². The molecule has 132 valence electrons. The van der Waals surface area contributed by atoms with Crippen LogP contribution in [0.2, 0.25) is 0 Å². The molecular weight excluding hydrogens is 322 g/mol. The first kappa shape index (κ1) is 16.6. The molecule has 0 spiro atoms. The molecule has 1 saturated heterocycles. The molecule has 0 N–H and O–H groups in total. The fourth-order valence-electron chi connectivity index (χ4n) is 3.75. The molecule has 0 saturated carbocycles. The number of carbonyl (C=O) groups is 1. The Morgan fingerprint density at radius 3 is 2.54 bits per heavy atom. The number of hydrogen-bond acceptors (Lipinski definition) is 2. The van der Waals surface area contributed by atoms with Crippen molar-refractivity contribution in [2.75, 3.05) is 6.54 Å². The van der Waals surface area contributed by atoms with Crippen LogP contribution in [-0.4, -0.2) is 33.2 Å². The van der Waals surface area contributed by atoms with Gasteiger partial charge >= 0.3 is 0 Å². The van der Waals surface area contributed by atoms with Gasteiger partial charge in [-0.3, -0.25) is 4.79 Å². The minimum absolute atomic E-state index is 0.132. The average Bonchev–Trinajstić information content (AvgIpc) is 3.31. The molecule has 0 radical (unpaired) electrons. The number of likely N-dealkylation sites (tertiary alicyclic amines) is 1. The number of hydrogen-bond donors (Lipinski definition) is 0. The third kappa shape index (κ3) is 3.27. The lowest BCUT2D eigenvalue weighted by Crippen LogP contribution is -2.36. The molecule has 1 amide bonds. The maximum absolute atomic E-state index is 13.0. The zero-order valence-corrected chi connectivity index (χ0v) is 15.0. The van der Waals surface area contributed by atoms with Crippen LogP contribution < -0.4 is 0 Å². The van der Waals surface area contributed by atoms with Gasteiger partial charge in [-0.25, -0.2) is 4.68 Å². The Morgan fingerprint density at radius 2 is 1.85 bits per heavy atom. The molecule has 2 aromatic carbocycles. The van der Waals surface area contributed by atoms with Crippen LogP contribution in [0.25, 0.3) is 5.69 Å². The first-order valence-electron chi connectivity index (χ1n) is 9.18. The molecule has 1 aliphatic heterocycles. The van der Waals surface area contributed by atoms with Crippen LogP contribution in [0, 0.1) is 6.92 Å². The summed E-state index contributed by atoms with van der Waals surface area (Å²) in [6.45, 7) is 2.86. The maximum Gasteiger partial charge on any atom is 0.254 e. The fourth-order valence-corrected chi connectivity index (χ4v) is 3.75. The van der Waals surface area contributed by atoms with Gasteiger partial charge in [-0.15, -0.1) is 0 Å². The normalized spacial score (nSPS) is 16.8.